The van der Waals surface area contributed by atoms with Crippen LogP contribution in [0.15, 0.2) is 48.5 Å². The third kappa shape index (κ3) is 3.61. The van der Waals surface area contributed by atoms with Gasteiger partial charge in [-0.2, -0.15) is 0 Å². The second-order valence-electron chi connectivity index (χ2n) is 5.48. The second-order valence-corrected chi connectivity index (χ2v) is 5.48. The van der Waals surface area contributed by atoms with Crippen LogP contribution in [0.4, 0.5) is 4.39 Å². The zero-order chi connectivity index (χ0) is 14.5. The first-order chi connectivity index (χ1) is 10.3. The Bertz CT molecular complexity index is 579. The zero-order valence-corrected chi connectivity index (χ0v) is 12.0. The van der Waals surface area contributed by atoms with Crippen molar-refractivity contribution in [1.29, 1.82) is 0 Å². The van der Waals surface area contributed by atoms with E-state index in [0.29, 0.717) is 18.3 Å². The number of nitrogens with one attached hydrogen (secondary N) is 1. The molecule has 110 valence electrons. The molecule has 1 heterocycles. The fraction of sp³-hybridized carbons (Fsp3) is 0.333. The monoisotopic (exact) mass is 285 g/mol. The van der Waals surface area contributed by atoms with Crippen LogP contribution < -0.4 is 10.1 Å². The molecule has 1 fully saturated rings. The predicted octanol–water partition coefficient (Wildman–Crippen LogP) is 3.87. The second kappa shape index (κ2) is 6.72. The Morgan fingerprint density at radius 3 is 2.52 bits per heavy atom. The summed E-state index contributed by atoms with van der Waals surface area (Å²) in [7, 11) is 0. The first-order valence-corrected chi connectivity index (χ1v) is 7.50. The summed E-state index contributed by atoms with van der Waals surface area (Å²) in [5, 5.41) is 3.31. The van der Waals surface area contributed by atoms with Crippen molar-refractivity contribution in [3.05, 3.63) is 65.5 Å². The van der Waals surface area contributed by atoms with E-state index >= 15 is 0 Å². The summed E-state index contributed by atoms with van der Waals surface area (Å²) >= 11 is 0. The van der Waals surface area contributed by atoms with Crippen LogP contribution >= 0.6 is 0 Å². The molecule has 1 saturated heterocycles. The van der Waals surface area contributed by atoms with Gasteiger partial charge in [-0.25, -0.2) is 4.39 Å². The van der Waals surface area contributed by atoms with Crippen LogP contribution in [0.3, 0.4) is 0 Å². The third-order valence-electron chi connectivity index (χ3n) is 4.00. The van der Waals surface area contributed by atoms with Gasteiger partial charge in [0.2, 0.25) is 0 Å². The molecule has 2 aromatic carbocycles. The molecule has 0 amide bonds. The molecular weight excluding hydrogens is 265 g/mol. The van der Waals surface area contributed by atoms with E-state index in [0.717, 1.165) is 37.1 Å². The van der Waals surface area contributed by atoms with Gasteiger partial charge in [-0.3, -0.25) is 0 Å². The molecule has 1 aliphatic rings. The van der Waals surface area contributed by atoms with Crippen LogP contribution in [0.2, 0.25) is 0 Å². The zero-order valence-electron chi connectivity index (χ0n) is 12.0. The minimum atomic E-state index is -0.146. The van der Waals surface area contributed by atoms with E-state index in [1.807, 2.05) is 42.5 Å². The summed E-state index contributed by atoms with van der Waals surface area (Å²) in [6.07, 6.45) is 2.00. The Morgan fingerprint density at radius 1 is 1.05 bits per heavy atom. The number of hydrogen-bond donors (Lipinski definition) is 1. The van der Waals surface area contributed by atoms with Gasteiger partial charge < -0.3 is 10.1 Å². The summed E-state index contributed by atoms with van der Waals surface area (Å²) in [6, 6.07) is 15.2. The van der Waals surface area contributed by atoms with E-state index in [-0.39, 0.29) is 5.82 Å². The molecule has 2 aromatic rings. The number of rotatable bonds is 4. The van der Waals surface area contributed by atoms with Crippen molar-refractivity contribution in [2.75, 3.05) is 13.1 Å². The van der Waals surface area contributed by atoms with Gasteiger partial charge in [-0.1, -0.05) is 36.4 Å². The molecular formula is C18H20FNO. The van der Waals surface area contributed by atoms with Gasteiger partial charge in [-0.15, -0.1) is 0 Å². The number of piperidine rings is 1. The molecule has 0 spiro atoms. The van der Waals surface area contributed by atoms with Crippen LogP contribution in [0, 0.1) is 5.82 Å². The highest BCUT2D eigenvalue weighted by Crippen LogP contribution is 2.29. The van der Waals surface area contributed by atoms with Gasteiger partial charge >= 0.3 is 0 Å². The van der Waals surface area contributed by atoms with Crippen LogP contribution in [0.25, 0.3) is 0 Å². The van der Waals surface area contributed by atoms with Crippen LogP contribution in [-0.2, 0) is 6.61 Å². The van der Waals surface area contributed by atoms with E-state index in [4.69, 9.17) is 4.74 Å². The largest absolute Gasteiger partial charge is 0.489 e. The van der Waals surface area contributed by atoms with Crippen LogP contribution in [-0.4, -0.2) is 13.1 Å². The van der Waals surface area contributed by atoms with Gasteiger partial charge in [0, 0.05) is 6.07 Å². The highest BCUT2D eigenvalue weighted by molar-refractivity contribution is 5.31. The summed E-state index contributed by atoms with van der Waals surface area (Å²) < 4.78 is 19.9. The van der Waals surface area contributed by atoms with Crippen molar-refractivity contribution in [3.8, 4) is 5.75 Å². The van der Waals surface area contributed by atoms with Crippen LogP contribution in [0.5, 0.6) is 5.75 Å². The van der Waals surface area contributed by atoms with Gasteiger partial charge in [0.15, 0.2) is 0 Å². The SMILES string of the molecule is Fc1cc(OCc2ccccc2)ccc1C1CCNCC1. The molecule has 21 heavy (non-hydrogen) atoms. The Morgan fingerprint density at radius 2 is 1.81 bits per heavy atom. The molecule has 0 bridgehead atoms. The molecule has 2 nitrogen and oxygen atoms in total. The first kappa shape index (κ1) is 14.1. The van der Waals surface area contributed by atoms with Gasteiger partial charge in [0.1, 0.15) is 18.2 Å². The lowest BCUT2D eigenvalue weighted by atomic mass is 9.90. The van der Waals surface area contributed by atoms with Gasteiger partial charge in [0.25, 0.3) is 0 Å². The highest BCUT2D eigenvalue weighted by atomic mass is 19.1. The third-order valence-corrected chi connectivity index (χ3v) is 4.00. The number of benzene rings is 2. The molecule has 0 atom stereocenters. The number of hydrogen-bond acceptors (Lipinski definition) is 2. The molecule has 1 aliphatic heterocycles. The predicted molar refractivity (Wildman–Crippen MR) is 82.0 cm³/mol. The van der Waals surface area contributed by atoms with E-state index in [2.05, 4.69) is 5.32 Å². The maximum atomic E-state index is 14.3. The molecule has 0 unspecified atom stereocenters. The Balaban J connectivity index is 1.66. The molecule has 0 aromatic heterocycles. The highest BCUT2D eigenvalue weighted by Gasteiger charge is 2.18. The first-order valence-electron chi connectivity index (χ1n) is 7.50. The maximum Gasteiger partial charge on any atom is 0.130 e. The normalized spacial score (nSPS) is 15.9. The molecule has 3 rings (SSSR count). The lowest BCUT2D eigenvalue weighted by Crippen LogP contribution is -2.27. The lowest BCUT2D eigenvalue weighted by molar-refractivity contribution is 0.304. The van der Waals surface area contributed by atoms with Crippen molar-refractivity contribution >= 4 is 0 Å². The van der Waals surface area contributed by atoms with Gasteiger partial charge in [0.05, 0.1) is 0 Å². The van der Waals surface area contributed by atoms with Crippen molar-refractivity contribution < 1.29 is 9.13 Å². The quantitative estimate of drug-likeness (QED) is 0.920. The van der Waals surface area contributed by atoms with Gasteiger partial charge in [-0.05, 0) is 49.0 Å². The average molecular weight is 285 g/mol. The molecule has 3 heteroatoms. The Labute approximate surface area is 125 Å². The average Bonchev–Trinajstić information content (AvgIpc) is 2.55. The molecule has 0 saturated carbocycles. The van der Waals surface area contributed by atoms with Crippen molar-refractivity contribution in [1.82, 2.24) is 5.32 Å². The minimum absolute atomic E-state index is 0.146. The van der Waals surface area contributed by atoms with Crippen molar-refractivity contribution in [3.63, 3.8) is 0 Å². The summed E-state index contributed by atoms with van der Waals surface area (Å²) in [6.45, 7) is 2.40. The van der Waals surface area contributed by atoms with E-state index < -0.39 is 0 Å². The maximum absolute atomic E-state index is 14.3. The molecule has 1 N–H and O–H groups in total. The Kier molecular flexibility index (Phi) is 4.51. The van der Waals surface area contributed by atoms with Crippen LogP contribution in [0.1, 0.15) is 29.9 Å². The number of ether oxygens (including phenoxy) is 1. The van der Waals surface area contributed by atoms with Crippen molar-refractivity contribution in [2.24, 2.45) is 0 Å². The molecule has 0 radical (unpaired) electrons. The fourth-order valence-corrected chi connectivity index (χ4v) is 2.80. The standard InChI is InChI=1S/C18H20FNO/c19-18-12-16(21-13-14-4-2-1-3-5-14)6-7-17(18)15-8-10-20-11-9-15/h1-7,12,15,20H,8-11,13H2. The van der Waals surface area contributed by atoms with E-state index in [1.54, 1.807) is 0 Å². The molecule has 0 aliphatic carbocycles. The Hall–Kier alpha value is -1.87. The number of halogens is 1. The smallest absolute Gasteiger partial charge is 0.130 e. The fourth-order valence-electron chi connectivity index (χ4n) is 2.80. The topological polar surface area (TPSA) is 21.3 Å². The summed E-state index contributed by atoms with van der Waals surface area (Å²) in [5.41, 5.74) is 1.91. The summed E-state index contributed by atoms with van der Waals surface area (Å²) in [4.78, 5) is 0. The van der Waals surface area contributed by atoms with Crippen molar-refractivity contribution in [2.45, 2.75) is 25.4 Å². The summed E-state index contributed by atoms with van der Waals surface area (Å²) in [5.74, 6) is 0.774. The van der Waals surface area contributed by atoms with E-state index in [1.165, 1.54) is 6.07 Å². The minimum Gasteiger partial charge on any atom is -0.489 e. The van der Waals surface area contributed by atoms with E-state index in [9.17, 15) is 4.39 Å². The lowest BCUT2D eigenvalue weighted by Gasteiger charge is -2.23.